The summed E-state index contributed by atoms with van der Waals surface area (Å²) in [7, 11) is 0. The van der Waals surface area contributed by atoms with Gasteiger partial charge >= 0.3 is 0 Å². The van der Waals surface area contributed by atoms with Gasteiger partial charge in [0.25, 0.3) is 0 Å². The van der Waals surface area contributed by atoms with Crippen molar-refractivity contribution in [3.05, 3.63) is 16.2 Å². The Hall–Kier alpha value is -0.910. The molecular formula is C15H20ClN3OS. The molecule has 1 aliphatic rings. The summed E-state index contributed by atoms with van der Waals surface area (Å²) in [6, 6.07) is 2.55. The summed E-state index contributed by atoms with van der Waals surface area (Å²) < 4.78 is 5.79. The molecule has 4 nitrogen and oxygen atoms in total. The minimum absolute atomic E-state index is 0.209. The van der Waals surface area contributed by atoms with E-state index in [0.717, 1.165) is 42.0 Å². The highest BCUT2D eigenvalue weighted by atomic mass is 35.5. The normalized spacial score (nSPS) is 23.0. The van der Waals surface area contributed by atoms with Gasteiger partial charge in [0.05, 0.1) is 24.1 Å². The van der Waals surface area contributed by atoms with Crippen LogP contribution in [0, 0.1) is 0 Å². The molecule has 2 unspecified atom stereocenters. The number of aryl methyl sites for hydroxylation is 1. The van der Waals surface area contributed by atoms with Crippen LogP contribution in [-0.4, -0.2) is 35.3 Å². The highest BCUT2D eigenvalue weighted by Gasteiger charge is 2.28. The largest absolute Gasteiger partial charge is 0.375 e. The molecule has 2 aromatic heterocycles. The minimum Gasteiger partial charge on any atom is -0.375 e. The SMILES string of the molecule is CCc1cc2c(N3CC(C)OCC3CC)nc(Cl)nc2s1. The summed E-state index contributed by atoms with van der Waals surface area (Å²) in [6.07, 6.45) is 2.25. The predicted molar refractivity (Wildman–Crippen MR) is 88.6 cm³/mol. The molecule has 6 heteroatoms. The third-order valence-corrected chi connectivity index (χ3v) is 5.30. The number of ether oxygens (including phenoxy) is 1. The highest BCUT2D eigenvalue weighted by Crippen LogP contribution is 2.34. The molecule has 1 saturated heterocycles. The lowest BCUT2D eigenvalue weighted by Crippen LogP contribution is -2.49. The van der Waals surface area contributed by atoms with Gasteiger partial charge < -0.3 is 9.64 Å². The number of anilines is 1. The van der Waals surface area contributed by atoms with Gasteiger partial charge in [-0.3, -0.25) is 0 Å². The van der Waals surface area contributed by atoms with E-state index in [1.165, 1.54) is 4.88 Å². The van der Waals surface area contributed by atoms with Gasteiger partial charge in [0.15, 0.2) is 0 Å². The van der Waals surface area contributed by atoms with Crippen molar-refractivity contribution in [3.8, 4) is 0 Å². The molecule has 2 aromatic rings. The van der Waals surface area contributed by atoms with Crippen LogP contribution in [-0.2, 0) is 11.2 Å². The van der Waals surface area contributed by atoms with Crippen LogP contribution in [0.4, 0.5) is 5.82 Å². The van der Waals surface area contributed by atoms with Crippen LogP contribution in [0.25, 0.3) is 10.2 Å². The number of aromatic nitrogens is 2. The van der Waals surface area contributed by atoms with Gasteiger partial charge in [0, 0.05) is 11.4 Å². The molecule has 0 aliphatic carbocycles. The number of hydrogen-bond donors (Lipinski definition) is 0. The Morgan fingerprint density at radius 1 is 1.43 bits per heavy atom. The van der Waals surface area contributed by atoms with E-state index in [1.807, 2.05) is 0 Å². The average Bonchev–Trinajstić information content (AvgIpc) is 2.89. The molecule has 0 spiro atoms. The number of thiophene rings is 1. The zero-order valence-corrected chi connectivity index (χ0v) is 14.2. The summed E-state index contributed by atoms with van der Waals surface area (Å²) in [6.45, 7) is 8.03. The fraction of sp³-hybridized carbons (Fsp3) is 0.600. The minimum atomic E-state index is 0.209. The second-order valence-corrected chi connectivity index (χ2v) is 6.91. The van der Waals surface area contributed by atoms with E-state index >= 15 is 0 Å². The Kier molecular flexibility index (Phi) is 4.33. The van der Waals surface area contributed by atoms with Gasteiger partial charge in [-0.1, -0.05) is 13.8 Å². The van der Waals surface area contributed by atoms with Crippen molar-refractivity contribution in [3.63, 3.8) is 0 Å². The lowest BCUT2D eigenvalue weighted by molar-refractivity contribution is 0.0297. The van der Waals surface area contributed by atoms with E-state index in [1.54, 1.807) is 11.3 Å². The van der Waals surface area contributed by atoms with Crippen molar-refractivity contribution in [1.82, 2.24) is 9.97 Å². The van der Waals surface area contributed by atoms with E-state index in [-0.39, 0.29) is 6.10 Å². The van der Waals surface area contributed by atoms with Gasteiger partial charge in [-0.15, -0.1) is 11.3 Å². The van der Waals surface area contributed by atoms with E-state index < -0.39 is 0 Å². The Balaban J connectivity index is 2.10. The van der Waals surface area contributed by atoms with E-state index in [0.29, 0.717) is 11.3 Å². The lowest BCUT2D eigenvalue weighted by Gasteiger charge is -2.39. The zero-order valence-electron chi connectivity index (χ0n) is 12.6. The summed E-state index contributed by atoms with van der Waals surface area (Å²) in [5.74, 6) is 0.961. The third kappa shape index (κ3) is 2.87. The molecule has 0 N–H and O–H groups in total. The predicted octanol–water partition coefficient (Wildman–Crippen LogP) is 3.91. The first-order valence-electron chi connectivity index (χ1n) is 7.46. The monoisotopic (exact) mass is 325 g/mol. The molecule has 1 aliphatic heterocycles. The van der Waals surface area contributed by atoms with Gasteiger partial charge in [-0.25, -0.2) is 4.98 Å². The van der Waals surface area contributed by atoms with Gasteiger partial charge in [0.1, 0.15) is 10.6 Å². The van der Waals surface area contributed by atoms with Crippen LogP contribution in [0.2, 0.25) is 5.28 Å². The number of nitrogens with zero attached hydrogens (tertiary/aromatic N) is 3. The second-order valence-electron chi connectivity index (χ2n) is 5.46. The number of rotatable bonds is 3. The van der Waals surface area contributed by atoms with Crippen molar-refractivity contribution in [2.24, 2.45) is 0 Å². The standard InChI is InChI=1S/C15H20ClN3OS/c1-4-10-8-20-9(3)7-19(10)13-12-6-11(5-2)21-14(12)18-15(16)17-13/h6,9-10H,4-5,7-8H2,1-3H3. The van der Waals surface area contributed by atoms with Crippen LogP contribution in [0.3, 0.4) is 0 Å². The Morgan fingerprint density at radius 3 is 2.95 bits per heavy atom. The molecule has 0 bridgehead atoms. The quantitative estimate of drug-likeness (QED) is 0.802. The second kappa shape index (κ2) is 6.07. The number of hydrogen-bond acceptors (Lipinski definition) is 5. The molecule has 114 valence electrons. The van der Waals surface area contributed by atoms with E-state index in [4.69, 9.17) is 16.3 Å². The van der Waals surface area contributed by atoms with Crippen molar-refractivity contribution in [1.29, 1.82) is 0 Å². The van der Waals surface area contributed by atoms with Crippen molar-refractivity contribution in [2.75, 3.05) is 18.1 Å². The van der Waals surface area contributed by atoms with Crippen LogP contribution in [0.1, 0.15) is 32.1 Å². The van der Waals surface area contributed by atoms with Gasteiger partial charge in [0.2, 0.25) is 5.28 Å². The third-order valence-electron chi connectivity index (χ3n) is 3.96. The van der Waals surface area contributed by atoms with E-state index in [2.05, 4.69) is 41.7 Å². The molecule has 1 fully saturated rings. The molecule has 0 radical (unpaired) electrons. The molecule has 0 amide bonds. The molecule has 2 atom stereocenters. The molecule has 0 aromatic carbocycles. The Bertz CT molecular complexity index is 645. The van der Waals surface area contributed by atoms with Crippen LogP contribution >= 0.6 is 22.9 Å². The number of fused-ring (bicyclic) bond motifs is 1. The number of morpholine rings is 1. The van der Waals surface area contributed by atoms with Crippen molar-refractivity contribution in [2.45, 2.75) is 45.8 Å². The first-order chi connectivity index (χ1) is 10.1. The molecule has 0 saturated carbocycles. The molecule has 3 heterocycles. The lowest BCUT2D eigenvalue weighted by atomic mass is 10.1. The van der Waals surface area contributed by atoms with Crippen LogP contribution in [0.15, 0.2) is 6.07 Å². The average molecular weight is 326 g/mol. The summed E-state index contributed by atoms with van der Waals surface area (Å²) in [4.78, 5) is 13.6. The van der Waals surface area contributed by atoms with Gasteiger partial charge in [-0.2, -0.15) is 4.98 Å². The van der Waals surface area contributed by atoms with Crippen molar-refractivity contribution >= 4 is 39.0 Å². The number of halogens is 1. The Morgan fingerprint density at radius 2 is 2.24 bits per heavy atom. The van der Waals surface area contributed by atoms with Crippen molar-refractivity contribution < 1.29 is 4.74 Å². The smallest absolute Gasteiger partial charge is 0.225 e. The van der Waals surface area contributed by atoms with Crippen LogP contribution < -0.4 is 4.90 Å². The molecule has 3 rings (SSSR count). The highest BCUT2D eigenvalue weighted by molar-refractivity contribution is 7.18. The summed E-state index contributed by atoms with van der Waals surface area (Å²) in [5, 5.41) is 1.45. The topological polar surface area (TPSA) is 38.2 Å². The maximum atomic E-state index is 6.15. The first kappa shape index (κ1) is 15.0. The fourth-order valence-electron chi connectivity index (χ4n) is 2.77. The summed E-state index contributed by atoms with van der Waals surface area (Å²) >= 11 is 7.86. The van der Waals surface area contributed by atoms with Gasteiger partial charge in [-0.05, 0) is 37.4 Å². The molecule has 21 heavy (non-hydrogen) atoms. The Labute approximate surface area is 134 Å². The van der Waals surface area contributed by atoms with E-state index in [9.17, 15) is 0 Å². The summed E-state index contributed by atoms with van der Waals surface area (Å²) in [5.41, 5.74) is 0. The maximum absolute atomic E-state index is 6.15. The first-order valence-corrected chi connectivity index (χ1v) is 8.66. The maximum Gasteiger partial charge on any atom is 0.225 e. The fourth-order valence-corrected chi connectivity index (χ4v) is 3.94. The van der Waals surface area contributed by atoms with Crippen LogP contribution in [0.5, 0.6) is 0 Å². The molecular weight excluding hydrogens is 306 g/mol. The zero-order chi connectivity index (χ0) is 15.0.